The largest absolute Gasteiger partial charge is 0.352 e. The van der Waals surface area contributed by atoms with Crippen molar-refractivity contribution in [2.45, 2.75) is 40.0 Å². The Hall–Kier alpha value is -3.22. The summed E-state index contributed by atoms with van der Waals surface area (Å²) in [5.74, 6) is -0.262. The summed E-state index contributed by atoms with van der Waals surface area (Å²) in [6.07, 6.45) is 2.26. The van der Waals surface area contributed by atoms with E-state index in [9.17, 15) is 14.4 Å². The molecular formula is C23H28N4O3. The third kappa shape index (κ3) is 5.23. The highest BCUT2D eigenvalue weighted by Gasteiger charge is 2.19. The van der Waals surface area contributed by atoms with E-state index in [1.54, 1.807) is 31.2 Å². The molecule has 7 nitrogen and oxygen atoms in total. The Morgan fingerprint density at radius 1 is 1.10 bits per heavy atom. The highest BCUT2D eigenvalue weighted by atomic mass is 16.2. The third-order valence-electron chi connectivity index (χ3n) is 5.28. The van der Waals surface area contributed by atoms with Crippen LogP contribution in [0.3, 0.4) is 0 Å². The van der Waals surface area contributed by atoms with Crippen LogP contribution < -0.4 is 10.6 Å². The summed E-state index contributed by atoms with van der Waals surface area (Å²) in [7, 11) is 0. The molecule has 2 heterocycles. The zero-order valence-electron chi connectivity index (χ0n) is 17.7. The summed E-state index contributed by atoms with van der Waals surface area (Å²) in [5, 5.41) is 5.77. The Morgan fingerprint density at radius 3 is 2.60 bits per heavy atom. The van der Waals surface area contributed by atoms with Crippen molar-refractivity contribution in [2.24, 2.45) is 0 Å². The lowest BCUT2D eigenvalue weighted by molar-refractivity contribution is -0.127. The molecule has 1 saturated heterocycles. The van der Waals surface area contributed by atoms with Crippen LogP contribution in [0.4, 0.5) is 5.69 Å². The van der Waals surface area contributed by atoms with Crippen LogP contribution in [-0.4, -0.2) is 47.2 Å². The first-order valence-electron chi connectivity index (χ1n) is 10.3. The summed E-state index contributed by atoms with van der Waals surface area (Å²) in [4.78, 5) is 43.0. The van der Waals surface area contributed by atoms with E-state index in [1.165, 1.54) is 0 Å². The Morgan fingerprint density at radius 2 is 1.90 bits per heavy atom. The molecule has 2 N–H and O–H groups in total. The predicted octanol–water partition coefficient (Wildman–Crippen LogP) is 3.00. The van der Waals surface area contributed by atoms with Gasteiger partial charge in [0, 0.05) is 43.0 Å². The van der Waals surface area contributed by atoms with Crippen LogP contribution in [-0.2, 0) is 4.79 Å². The second-order valence-corrected chi connectivity index (χ2v) is 7.66. The maximum atomic E-state index is 12.7. The molecule has 3 amide bonds. The van der Waals surface area contributed by atoms with E-state index in [4.69, 9.17) is 0 Å². The number of likely N-dealkylation sites (tertiary alicyclic amines) is 1. The molecule has 158 valence electrons. The number of amides is 3. The monoisotopic (exact) mass is 408 g/mol. The summed E-state index contributed by atoms with van der Waals surface area (Å²) in [5.41, 5.74) is 3.96. The number of nitrogens with one attached hydrogen (secondary N) is 2. The minimum atomic E-state index is -0.254. The zero-order valence-corrected chi connectivity index (χ0v) is 17.7. The average Bonchev–Trinajstić information content (AvgIpc) is 3.11. The van der Waals surface area contributed by atoms with Crippen molar-refractivity contribution in [1.29, 1.82) is 0 Å². The van der Waals surface area contributed by atoms with Gasteiger partial charge in [0.05, 0.1) is 11.3 Å². The van der Waals surface area contributed by atoms with Gasteiger partial charge >= 0.3 is 0 Å². The van der Waals surface area contributed by atoms with E-state index in [-0.39, 0.29) is 17.7 Å². The van der Waals surface area contributed by atoms with Crippen LogP contribution in [0.25, 0.3) is 0 Å². The Kier molecular flexibility index (Phi) is 6.82. The number of anilines is 1. The smallest absolute Gasteiger partial charge is 0.257 e. The summed E-state index contributed by atoms with van der Waals surface area (Å²) >= 11 is 0. The molecule has 0 bridgehead atoms. The number of aryl methyl sites for hydroxylation is 3. The van der Waals surface area contributed by atoms with Gasteiger partial charge in [-0.15, -0.1) is 0 Å². The lowest BCUT2D eigenvalue weighted by Crippen LogP contribution is -2.30. The van der Waals surface area contributed by atoms with Gasteiger partial charge in [-0.25, -0.2) is 0 Å². The van der Waals surface area contributed by atoms with Gasteiger partial charge in [0.2, 0.25) is 5.91 Å². The van der Waals surface area contributed by atoms with E-state index >= 15 is 0 Å². The van der Waals surface area contributed by atoms with E-state index < -0.39 is 0 Å². The molecule has 1 aliphatic heterocycles. The fraction of sp³-hybridized carbons (Fsp3) is 0.391. The van der Waals surface area contributed by atoms with Crippen LogP contribution in [0.2, 0.25) is 0 Å². The quantitative estimate of drug-likeness (QED) is 0.689. The normalized spacial score (nSPS) is 13.4. The maximum absolute atomic E-state index is 12.7. The number of carbonyl (C=O) groups is 3. The maximum Gasteiger partial charge on any atom is 0.257 e. The highest BCUT2D eigenvalue weighted by molar-refractivity contribution is 6.06. The van der Waals surface area contributed by atoms with Crippen molar-refractivity contribution < 1.29 is 14.4 Å². The Bertz CT molecular complexity index is 971. The first-order chi connectivity index (χ1) is 14.3. The molecule has 7 heteroatoms. The molecule has 0 atom stereocenters. The zero-order chi connectivity index (χ0) is 21.7. The van der Waals surface area contributed by atoms with Gasteiger partial charge in [-0.1, -0.05) is 6.07 Å². The topological polar surface area (TPSA) is 91.4 Å². The fourth-order valence-corrected chi connectivity index (χ4v) is 3.53. The number of carbonyl (C=O) groups excluding carboxylic acids is 3. The van der Waals surface area contributed by atoms with E-state index in [1.807, 2.05) is 24.8 Å². The van der Waals surface area contributed by atoms with Gasteiger partial charge in [-0.3, -0.25) is 19.4 Å². The molecule has 1 fully saturated rings. The molecule has 1 aromatic carbocycles. The third-order valence-corrected chi connectivity index (χ3v) is 5.28. The lowest BCUT2D eigenvalue weighted by atomic mass is 10.1. The average molecular weight is 409 g/mol. The van der Waals surface area contributed by atoms with E-state index in [0.717, 1.165) is 24.2 Å². The van der Waals surface area contributed by atoms with Gasteiger partial charge in [0.25, 0.3) is 11.8 Å². The number of aromatic nitrogens is 1. The molecule has 0 spiro atoms. The van der Waals surface area contributed by atoms with E-state index in [0.29, 0.717) is 48.4 Å². The van der Waals surface area contributed by atoms with Crippen molar-refractivity contribution >= 4 is 23.4 Å². The lowest BCUT2D eigenvalue weighted by Gasteiger charge is -2.15. The van der Waals surface area contributed by atoms with Crippen LogP contribution in [0.15, 0.2) is 30.3 Å². The number of hydrogen-bond acceptors (Lipinski definition) is 4. The molecule has 1 aliphatic rings. The predicted molar refractivity (Wildman–Crippen MR) is 116 cm³/mol. The van der Waals surface area contributed by atoms with Crippen LogP contribution in [0.1, 0.15) is 56.9 Å². The molecule has 0 radical (unpaired) electrons. The van der Waals surface area contributed by atoms with Crippen molar-refractivity contribution in [2.75, 3.05) is 25.0 Å². The Balaban J connectivity index is 1.59. The second-order valence-electron chi connectivity index (χ2n) is 7.66. The first-order valence-corrected chi connectivity index (χ1v) is 10.3. The fourth-order valence-electron chi connectivity index (χ4n) is 3.53. The number of hydrogen-bond donors (Lipinski definition) is 2. The van der Waals surface area contributed by atoms with Crippen LogP contribution in [0.5, 0.6) is 0 Å². The van der Waals surface area contributed by atoms with Gasteiger partial charge in [0.15, 0.2) is 0 Å². The summed E-state index contributed by atoms with van der Waals surface area (Å²) < 4.78 is 0. The van der Waals surface area contributed by atoms with Crippen molar-refractivity contribution in [3.8, 4) is 0 Å². The standard InChI is InChI=1S/C23H28N4O3/c1-15-7-9-18(22(29)24-11-5-13-27-12-4-6-21(27)28)14-20(15)26-23(30)19-10-8-16(2)25-17(19)3/h7-10,14H,4-6,11-13H2,1-3H3,(H,24,29)(H,26,30). The summed E-state index contributed by atoms with van der Waals surface area (Å²) in [6, 6.07) is 8.79. The van der Waals surface area contributed by atoms with Crippen LogP contribution in [0, 0.1) is 20.8 Å². The Labute approximate surface area is 176 Å². The molecule has 3 rings (SSSR count). The molecular weight excluding hydrogens is 380 g/mol. The van der Waals surface area contributed by atoms with Crippen LogP contribution >= 0.6 is 0 Å². The second kappa shape index (κ2) is 9.52. The molecule has 0 aliphatic carbocycles. The molecule has 0 saturated carbocycles. The summed E-state index contributed by atoms with van der Waals surface area (Å²) in [6.45, 7) is 7.53. The van der Waals surface area contributed by atoms with E-state index in [2.05, 4.69) is 15.6 Å². The van der Waals surface area contributed by atoms with Crippen molar-refractivity contribution in [3.63, 3.8) is 0 Å². The van der Waals surface area contributed by atoms with Gasteiger partial charge in [-0.2, -0.15) is 0 Å². The van der Waals surface area contributed by atoms with Gasteiger partial charge < -0.3 is 15.5 Å². The number of nitrogens with zero attached hydrogens (tertiary/aromatic N) is 2. The van der Waals surface area contributed by atoms with Crippen molar-refractivity contribution in [1.82, 2.24) is 15.2 Å². The highest BCUT2D eigenvalue weighted by Crippen LogP contribution is 2.19. The minimum Gasteiger partial charge on any atom is -0.352 e. The molecule has 2 aromatic rings. The first kappa shape index (κ1) is 21.5. The number of pyridine rings is 1. The molecule has 1 aromatic heterocycles. The van der Waals surface area contributed by atoms with Gasteiger partial charge in [0.1, 0.15) is 0 Å². The molecule has 0 unspecified atom stereocenters. The SMILES string of the molecule is Cc1ccc(C(=O)Nc2cc(C(=O)NCCCN3CCCC3=O)ccc2C)c(C)n1. The number of benzene rings is 1. The number of rotatable bonds is 7. The van der Waals surface area contributed by atoms with Crippen molar-refractivity contribution in [3.05, 3.63) is 58.4 Å². The van der Waals surface area contributed by atoms with Gasteiger partial charge in [-0.05, 0) is 63.4 Å². The minimum absolute atomic E-state index is 0.194. The molecule has 30 heavy (non-hydrogen) atoms.